The van der Waals surface area contributed by atoms with Crippen molar-refractivity contribution in [3.05, 3.63) is 63.2 Å². The normalized spacial score (nSPS) is 15.8. The van der Waals surface area contributed by atoms with E-state index in [4.69, 9.17) is 0 Å². The second-order valence-corrected chi connectivity index (χ2v) is 12.3. The Labute approximate surface area is 247 Å². The number of rotatable bonds is 12. The van der Waals surface area contributed by atoms with E-state index in [1.165, 1.54) is 13.8 Å². The summed E-state index contributed by atoms with van der Waals surface area (Å²) in [6.45, 7) is 16.7. The Bertz CT molecular complexity index is 1400. The lowest BCUT2D eigenvalue weighted by molar-refractivity contribution is -0.128. The molecule has 0 bridgehead atoms. The zero-order chi connectivity index (χ0) is 32.4. The Kier molecular flexibility index (Phi) is 10.6. The minimum Gasteiger partial charge on any atom is -0.511 e. The van der Waals surface area contributed by atoms with Crippen LogP contribution in [0.15, 0.2) is 46.5 Å². The van der Waals surface area contributed by atoms with Gasteiger partial charge in [-0.1, -0.05) is 45.9 Å². The highest BCUT2D eigenvalue weighted by Gasteiger charge is 2.46. The van der Waals surface area contributed by atoms with E-state index in [0.29, 0.717) is 18.4 Å². The van der Waals surface area contributed by atoms with Crippen molar-refractivity contribution in [1.29, 1.82) is 0 Å². The molecule has 1 aromatic carbocycles. The van der Waals surface area contributed by atoms with E-state index in [1.807, 2.05) is 19.9 Å². The maximum atomic E-state index is 13.1. The number of benzene rings is 1. The summed E-state index contributed by atoms with van der Waals surface area (Å²) in [5.41, 5.74) is -2.01. The second kappa shape index (κ2) is 13.0. The molecule has 0 amide bonds. The van der Waals surface area contributed by atoms with Gasteiger partial charge in [-0.2, -0.15) is 0 Å². The molecular formula is C33H44O9. The molecule has 0 saturated heterocycles. The van der Waals surface area contributed by atoms with E-state index in [1.54, 1.807) is 27.7 Å². The molecule has 42 heavy (non-hydrogen) atoms. The van der Waals surface area contributed by atoms with Crippen molar-refractivity contribution < 1.29 is 45.0 Å². The molecule has 0 heterocycles. The van der Waals surface area contributed by atoms with Crippen LogP contribution in [0, 0.1) is 17.3 Å². The van der Waals surface area contributed by atoms with Gasteiger partial charge >= 0.3 is 0 Å². The highest BCUT2D eigenvalue weighted by atomic mass is 16.3. The van der Waals surface area contributed by atoms with Gasteiger partial charge in [0.1, 0.15) is 39.9 Å². The van der Waals surface area contributed by atoms with Crippen molar-refractivity contribution in [3.8, 4) is 17.2 Å². The van der Waals surface area contributed by atoms with Gasteiger partial charge in [0.05, 0.1) is 11.5 Å². The maximum Gasteiger partial charge on any atom is 0.183 e. The molecule has 0 aliphatic heterocycles. The maximum absolute atomic E-state index is 13.1. The molecule has 2 rings (SSSR count). The molecule has 0 aromatic heterocycles. The van der Waals surface area contributed by atoms with E-state index < -0.39 is 87.0 Å². The number of hydrogen-bond acceptors (Lipinski definition) is 9. The number of ketones is 3. The molecule has 0 saturated carbocycles. The summed E-state index contributed by atoms with van der Waals surface area (Å²) < 4.78 is 0. The standard InChI is InChI=1S/C33H44O9/c1-15(2)11-10-12-18(7)22(34)14-20-27(37)19(28(38)23(29(20)39)25(35)16(3)4)13-21-30(40)24(26(36)17(5)6)32(42)33(8,9)31(21)41/h11,16-17,22,34,37-41H,7,10,12-14H2,1-6,8-9H3. The van der Waals surface area contributed by atoms with Gasteiger partial charge in [-0.3, -0.25) is 14.4 Å². The first-order chi connectivity index (χ1) is 19.3. The molecule has 1 aromatic rings. The van der Waals surface area contributed by atoms with Crippen molar-refractivity contribution in [2.75, 3.05) is 0 Å². The average Bonchev–Trinajstić information content (AvgIpc) is 2.89. The molecule has 1 aliphatic rings. The topological polar surface area (TPSA) is 173 Å². The van der Waals surface area contributed by atoms with Crippen LogP contribution in [0.25, 0.3) is 0 Å². The third-order valence-corrected chi connectivity index (χ3v) is 7.59. The zero-order valence-corrected chi connectivity index (χ0v) is 25.8. The van der Waals surface area contributed by atoms with Crippen LogP contribution in [0.3, 0.4) is 0 Å². The number of hydrogen-bond donors (Lipinski definition) is 6. The van der Waals surface area contributed by atoms with Crippen molar-refractivity contribution >= 4 is 17.3 Å². The Morgan fingerprint density at radius 2 is 1.40 bits per heavy atom. The molecule has 0 radical (unpaired) electrons. The minimum absolute atomic E-state index is 0.240. The summed E-state index contributed by atoms with van der Waals surface area (Å²) in [6.07, 6.45) is 0.814. The van der Waals surface area contributed by atoms with E-state index in [-0.39, 0.29) is 23.1 Å². The lowest BCUT2D eigenvalue weighted by atomic mass is 9.72. The van der Waals surface area contributed by atoms with Crippen molar-refractivity contribution in [2.45, 2.75) is 87.2 Å². The van der Waals surface area contributed by atoms with Crippen LogP contribution < -0.4 is 0 Å². The Morgan fingerprint density at radius 3 is 1.90 bits per heavy atom. The SMILES string of the molecule is C=C(CCC=C(C)C)C(O)Cc1c(O)c(CC2=C(O)C(C)(C)C(=O)C(C(=O)C(C)C)=C2O)c(O)c(C(=O)C(C)C)c1O. The van der Waals surface area contributed by atoms with Gasteiger partial charge in [-0.25, -0.2) is 0 Å². The van der Waals surface area contributed by atoms with Crippen LogP contribution >= 0.6 is 0 Å². The summed E-state index contributed by atoms with van der Waals surface area (Å²) in [6, 6.07) is 0. The molecule has 0 fully saturated rings. The summed E-state index contributed by atoms with van der Waals surface area (Å²) in [5, 5.41) is 66.6. The predicted octanol–water partition coefficient (Wildman–Crippen LogP) is 5.85. The number of phenols is 3. The Morgan fingerprint density at radius 1 is 0.881 bits per heavy atom. The van der Waals surface area contributed by atoms with Gasteiger partial charge in [-0.05, 0) is 46.1 Å². The molecule has 1 atom stereocenters. The van der Waals surface area contributed by atoms with Crippen molar-refractivity contribution in [1.82, 2.24) is 0 Å². The summed E-state index contributed by atoms with van der Waals surface area (Å²) in [4.78, 5) is 39.1. The molecule has 230 valence electrons. The molecule has 9 heteroatoms. The van der Waals surface area contributed by atoms with Crippen LogP contribution in [0.4, 0.5) is 0 Å². The van der Waals surface area contributed by atoms with Gasteiger partial charge in [0.25, 0.3) is 0 Å². The first-order valence-corrected chi connectivity index (χ1v) is 14.0. The number of phenolic OH excluding ortho intramolecular Hbond substituents is 3. The minimum atomic E-state index is -1.62. The predicted molar refractivity (Wildman–Crippen MR) is 160 cm³/mol. The fourth-order valence-electron chi connectivity index (χ4n) is 4.78. The number of aliphatic hydroxyl groups excluding tert-OH is 3. The van der Waals surface area contributed by atoms with Gasteiger partial charge in [0, 0.05) is 41.4 Å². The quantitative estimate of drug-likeness (QED) is 0.100. The fraction of sp³-hybridized carbons (Fsp3) is 0.485. The third-order valence-electron chi connectivity index (χ3n) is 7.59. The fourth-order valence-corrected chi connectivity index (χ4v) is 4.78. The van der Waals surface area contributed by atoms with E-state index in [2.05, 4.69) is 6.58 Å². The smallest absolute Gasteiger partial charge is 0.183 e. The largest absolute Gasteiger partial charge is 0.511 e. The summed E-state index contributed by atoms with van der Waals surface area (Å²) >= 11 is 0. The lowest BCUT2D eigenvalue weighted by Crippen LogP contribution is -2.37. The van der Waals surface area contributed by atoms with Crippen LogP contribution in [-0.4, -0.2) is 54.1 Å². The Hall–Kier alpha value is -3.85. The van der Waals surface area contributed by atoms with Gasteiger partial charge in [0.15, 0.2) is 17.3 Å². The van der Waals surface area contributed by atoms with Crippen LogP contribution in [0.1, 0.15) is 89.7 Å². The van der Waals surface area contributed by atoms with Crippen molar-refractivity contribution in [3.63, 3.8) is 0 Å². The molecule has 1 unspecified atom stereocenters. The number of carbonyl (C=O) groups excluding carboxylic acids is 3. The zero-order valence-electron chi connectivity index (χ0n) is 25.8. The summed E-state index contributed by atoms with van der Waals surface area (Å²) in [5.74, 6) is -6.99. The van der Waals surface area contributed by atoms with Gasteiger partial charge < -0.3 is 30.6 Å². The van der Waals surface area contributed by atoms with E-state index >= 15 is 0 Å². The van der Waals surface area contributed by atoms with Gasteiger partial charge in [0.2, 0.25) is 0 Å². The first kappa shape index (κ1) is 34.4. The van der Waals surface area contributed by atoms with Crippen LogP contribution in [0.5, 0.6) is 17.2 Å². The highest BCUT2D eigenvalue weighted by molar-refractivity contribution is 6.24. The number of Topliss-reactive ketones (excluding diaryl/α,β-unsaturated/α-hetero) is 3. The highest BCUT2D eigenvalue weighted by Crippen LogP contribution is 2.47. The van der Waals surface area contributed by atoms with Crippen LogP contribution in [0.2, 0.25) is 0 Å². The number of aliphatic hydroxyl groups is 3. The first-order valence-electron chi connectivity index (χ1n) is 14.0. The third kappa shape index (κ3) is 6.62. The lowest BCUT2D eigenvalue weighted by Gasteiger charge is -2.31. The molecular weight excluding hydrogens is 540 g/mol. The molecule has 6 N–H and O–H groups in total. The van der Waals surface area contributed by atoms with Gasteiger partial charge in [-0.15, -0.1) is 0 Å². The molecule has 1 aliphatic carbocycles. The van der Waals surface area contributed by atoms with Crippen LogP contribution in [-0.2, 0) is 22.4 Å². The number of allylic oxidation sites excluding steroid dienone is 5. The van der Waals surface area contributed by atoms with E-state index in [9.17, 15) is 45.0 Å². The second-order valence-electron chi connectivity index (χ2n) is 12.3. The number of aromatic hydroxyl groups is 3. The molecule has 0 spiro atoms. The monoisotopic (exact) mass is 584 g/mol. The van der Waals surface area contributed by atoms with E-state index in [0.717, 1.165) is 5.57 Å². The molecule has 9 nitrogen and oxygen atoms in total. The Balaban J connectivity index is 2.79. The van der Waals surface area contributed by atoms with Crippen molar-refractivity contribution in [2.24, 2.45) is 17.3 Å². The number of carbonyl (C=O) groups is 3. The average molecular weight is 585 g/mol. The summed E-state index contributed by atoms with van der Waals surface area (Å²) in [7, 11) is 0.